The molecule has 2 aromatic carbocycles. The van der Waals surface area contributed by atoms with Gasteiger partial charge in [-0.1, -0.05) is 23.7 Å². The Balaban J connectivity index is 1.96. The van der Waals surface area contributed by atoms with Crippen LogP contribution >= 0.6 is 11.6 Å². The maximum absolute atomic E-state index is 12.2. The monoisotopic (exact) mass is 395 g/mol. The highest BCUT2D eigenvalue weighted by Gasteiger charge is 2.13. The van der Waals surface area contributed by atoms with Crippen LogP contribution in [0.1, 0.15) is 6.92 Å². The Morgan fingerprint density at radius 1 is 1.19 bits per heavy atom. The van der Waals surface area contributed by atoms with Crippen molar-refractivity contribution in [2.75, 3.05) is 27.2 Å². The normalized spacial score (nSPS) is 12.1. The van der Waals surface area contributed by atoms with Crippen molar-refractivity contribution >= 4 is 33.1 Å². The van der Waals surface area contributed by atoms with Gasteiger partial charge in [-0.3, -0.25) is 0 Å². The lowest BCUT2D eigenvalue weighted by Gasteiger charge is -2.19. The quantitative estimate of drug-likeness (QED) is 0.576. The first-order chi connectivity index (χ1) is 12.3. The van der Waals surface area contributed by atoms with Crippen LogP contribution in [0.4, 0.5) is 5.69 Å². The molecule has 0 amide bonds. The van der Waals surface area contributed by atoms with Crippen LogP contribution in [0.5, 0.6) is 5.75 Å². The van der Waals surface area contributed by atoms with E-state index in [9.17, 15) is 8.42 Å². The molecule has 2 rings (SSSR count). The first-order valence-electron chi connectivity index (χ1n) is 7.98. The first kappa shape index (κ1) is 20.2. The molecule has 6 nitrogen and oxygen atoms in total. The lowest BCUT2D eigenvalue weighted by Crippen LogP contribution is -2.35. The van der Waals surface area contributed by atoms with Gasteiger partial charge in [-0.15, -0.1) is 0 Å². The zero-order chi connectivity index (χ0) is 19.2. The maximum Gasteiger partial charge on any atom is 0.240 e. The molecule has 8 heteroatoms. The molecule has 0 atom stereocenters. The molecule has 0 bridgehead atoms. The zero-order valence-corrected chi connectivity index (χ0v) is 16.5. The second-order valence-corrected chi connectivity index (χ2v) is 7.81. The number of nitrogens with one attached hydrogen (secondary N) is 1. The van der Waals surface area contributed by atoms with Crippen molar-refractivity contribution in [3.05, 3.63) is 53.6 Å². The van der Waals surface area contributed by atoms with Crippen molar-refractivity contribution in [3.63, 3.8) is 0 Å². The molecule has 0 heterocycles. The van der Waals surface area contributed by atoms with E-state index in [0.717, 1.165) is 11.5 Å². The fourth-order valence-corrected chi connectivity index (χ4v) is 3.34. The van der Waals surface area contributed by atoms with Crippen LogP contribution in [0.3, 0.4) is 0 Å². The van der Waals surface area contributed by atoms with Gasteiger partial charge < -0.3 is 9.64 Å². The van der Waals surface area contributed by atoms with Gasteiger partial charge >= 0.3 is 0 Å². The Morgan fingerprint density at radius 3 is 2.50 bits per heavy atom. The number of ether oxygens (including phenoxy) is 1. The number of halogens is 1. The Bertz CT molecular complexity index is 868. The van der Waals surface area contributed by atoms with E-state index in [1.165, 1.54) is 12.1 Å². The van der Waals surface area contributed by atoms with Gasteiger partial charge in [0.05, 0.1) is 12.0 Å². The first-order valence-corrected chi connectivity index (χ1v) is 9.84. The number of hydrogen-bond acceptors (Lipinski definition) is 4. The Morgan fingerprint density at radius 2 is 1.85 bits per heavy atom. The van der Waals surface area contributed by atoms with Crippen molar-refractivity contribution < 1.29 is 13.2 Å². The van der Waals surface area contributed by atoms with Crippen LogP contribution in [0.25, 0.3) is 0 Å². The average molecular weight is 396 g/mol. The van der Waals surface area contributed by atoms with Crippen LogP contribution in [-0.4, -0.2) is 46.4 Å². The molecule has 26 heavy (non-hydrogen) atoms. The third-order valence-electron chi connectivity index (χ3n) is 3.78. The van der Waals surface area contributed by atoms with E-state index in [1.54, 1.807) is 19.2 Å². The molecule has 0 aliphatic carbocycles. The second-order valence-electron chi connectivity index (χ2n) is 5.60. The Kier molecular flexibility index (Phi) is 7.02. The molecule has 0 saturated heterocycles. The third kappa shape index (κ3) is 5.45. The van der Waals surface area contributed by atoms with Gasteiger partial charge in [0.25, 0.3) is 0 Å². The van der Waals surface area contributed by atoms with Crippen molar-refractivity contribution in [2.24, 2.45) is 4.99 Å². The number of methoxy groups -OCH3 is 1. The number of sulfonamides is 1. The summed E-state index contributed by atoms with van der Waals surface area (Å²) in [6.45, 7) is 2.58. The van der Waals surface area contributed by atoms with Crippen molar-refractivity contribution in [1.29, 1.82) is 0 Å². The fourth-order valence-electron chi connectivity index (χ4n) is 2.19. The molecule has 2 aromatic rings. The summed E-state index contributed by atoms with van der Waals surface area (Å²) < 4.78 is 32.4. The number of para-hydroxylation sites is 2. The molecule has 0 fully saturated rings. The summed E-state index contributed by atoms with van der Waals surface area (Å²) in [6.07, 6.45) is 0. The smallest absolute Gasteiger partial charge is 0.240 e. The predicted octanol–water partition coefficient (Wildman–Crippen LogP) is 3.31. The third-order valence-corrected chi connectivity index (χ3v) is 5.51. The van der Waals surface area contributed by atoms with E-state index in [1.807, 2.05) is 43.1 Å². The summed E-state index contributed by atoms with van der Waals surface area (Å²) in [6, 6.07) is 13.5. The van der Waals surface area contributed by atoms with Crippen LogP contribution in [-0.2, 0) is 10.0 Å². The second kappa shape index (κ2) is 9.02. The lowest BCUT2D eigenvalue weighted by atomic mass is 10.3. The highest BCUT2D eigenvalue weighted by molar-refractivity contribution is 7.89. The fraction of sp³-hybridized carbons (Fsp3) is 0.278. The molecule has 0 spiro atoms. The SMILES string of the molecule is COc1ccccc1N=C(C)N(C)CCNS(=O)(=O)c1ccc(Cl)cc1. The molecular weight excluding hydrogens is 374 g/mol. The maximum atomic E-state index is 12.2. The van der Waals surface area contributed by atoms with Gasteiger partial charge in [0.1, 0.15) is 17.3 Å². The molecule has 1 N–H and O–H groups in total. The number of likely N-dealkylation sites (N-methyl/N-ethyl adjacent to an activating group) is 1. The van der Waals surface area contributed by atoms with E-state index in [0.29, 0.717) is 17.3 Å². The minimum atomic E-state index is -3.56. The number of aliphatic imine (C=N–C) groups is 1. The van der Waals surface area contributed by atoms with E-state index in [4.69, 9.17) is 16.3 Å². The van der Waals surface area contributed by atoms with Gasteiger partial charge in [-0.05, 0) is 43.3 Å². The highest BCUT2D eigenvalue weighted by Crippen LogP contribution is 2.26. The van der Waals surface area contributed by atoms with Crippen molar-refractivity contribution in [2.45, 2.75) is 11.8 Å². The Labute approximate surface area is 159 Å². The highest BCUT2D eigenvalue weighted by atomic mass is 35.5. The largest absolute Gasteiger partial charge is 0.494 e. The van der Waals surface area contributed by atoms with E-state index in [2.05, 4.69) is 9.71 Å². The topological polar surface area (TPSA) is 71.0 Å². The van der Waals surface area contributed by atoms with Gasteiger partial charge in [-0.25, -0.2) is 18.1 Å². The van der Waals surface area contributed by atoms with Crippen LogP contribution in [0.2, 0.25) is 5.02 Å². The number of hydrogen-bond donors (Lipinski definition) is 1. The van der Waals surface area contributed by atoms with Crippen LogP contribution in [0.15, 0.2) is 58.4 Å². The number of benzene rings is 2. The molecule has 0 radical (unpaired) electrons. The minimum Gasteiger partial charge on any atom is -0.494 e. The molecule has 0 aliphatic heterocycles. The number of nitrogens with zero attached hydrogens (tertiary/aromatic N) is 2. The zero-order valence-electron chi connectivity index (χ0n) is 14.9. The van der Waals surface area contributed by atoms with Crippen molar-refractivity contribution in [3.8, 4) is 5.75 Å². The van der Waals surface area contributed by atoms with E-state index < -0.39 is 10.0 Å². The number of amidine groups is 1. The van der Waals surface area contributed by atoms with E-state index in [-0.39, 0.29) is 11.4 Å². The molecule has 0 aliphatic rings. The standard InChI is InChI=1S/C18H22ClN3O3S/c1-14(21-17-6-4-5-7-18(17)25-3)22(2)13-12-20-26(23,24)16-10-8-15(19)9-11-16/h4-11,20H,12-13H2,1-3H3. The van der Waals surface area contributed by atoms with Crippen LogP contribution < -0.4 is 9.46 Å². The molecule has 0 unspecified atom stereocenters. The molecule has 0 saturated carbocycles. The van der Waals surface area contributed by atoms with Gasteiger partial charge in [0, 0.05) is 25.2 Å². The molecule has 140 valence electrons. The number of rotatable bonds is 7. The Hall–Kier alpha value is -2.09. The molecule has 0 aromatic heterocycles. The summed E-state index contributed by atoms with van der Waals surface area (Å²) in [5.41, 5.74) is 0.723. The van der Waals surface area contributed by atoms with Gasteiger partial charge in [0.15, 0.2) is 0 Å². The summed E-state index contributed by atoms with van der Waals surface area (Å²) in [7, 11) is -0.115. The summed E-state index contributed by atoms with van der Waals surface area (Å²) in [4.78, 5) is 6.59. The molecular formula is C18H22ClN3O3S. The van der Waals surface area contributed by atoms with Gasteiger partial charge in [-0.2, -0.15) is 0 Å². The predicted molar refractivity (Wildman–Crippen MR) is 105 cm³/mol. The summed E-state index contributed by atoms with van der Waals surface area (Å²) in [5, 5.41) is 0.492. The average Bonchev–Trinajstić information content (AvgIpc) is 2.62. The lowest BCUT2D eigenvalue weighted by molar-refractivity contribution is 0.416. The van der Waals surface area contributed by atoms with Gasteiger partial charge in [0.2, 0.25) is 10.0 Å². The minimum absolute atomic E-state index is 0.184. The van der Waals surface area contributed by atoms with Crippen molar-refractivity contribution in [1.82, 2.24) is 9.62 Å². The summed E-state index contributed by atoms with van der Waals surface area (Å²) >= 11 is 5.79. The van der Waals surface area contributed by atoms with E-state index >= 15 is 0 Å². The van der Waals surface area contributed by atoms with Crippen LogP contribution in [0, 0.1) is 0 Å². The summed E-state index contributed by atoms with van der Waals surface area (Å²) in [5.74, 6) is 1.43.